The van der Waals surface area contributed by atoms with Crippen LogP contribution in [0.3, 0.4) is 0 Å². The molecule has 3 aromatic rings. The average Bonchev–Trinajstić information content (AvgIpc) is 3.31. The third-order valence-electron chi connectivity index (χ3n) is 5.72. The van der Waals surface area contributed by atoms with Crippen LogP contribution in [-0.4, -0.2) is 22.8 Å². The molecule has 0 spiro atoms. The minimum absolute atomic E-state index is 0.170. The third kappa shape index (κ3) is 3.42. The molecule has 0 radical (unpaired) electrons. The Balaban J connectivity index is 1.61. The maximum Gasteiger partial charge on any atom is 0.271 e. The third-order valence-corrected chi connectivity index (χ3v) is 6.06. The second-order valence-electron chi connectivity index (χ2n) is 7.61. The van der Waals surface area contributed by atoms with Crippen LogP contribution >= 0.6 is 11.6 Å². The van der Waals surface area contributed by atoms with Gasteiger partial charge in [-0.3, -0.25) is 24.5 Å². The van der Waals surface area contributed by atoms with E-state index in [0.29, 0.717) is 16.3 Å². The first-order valence-electron chi connectivity index (χ1n) is 9.95. The van der Waals surface area contributed by atoms with E-state index in [1.807, 2.05) is 0 Å². The highest BCUT2D eigenvalue weighted by atomic mass is 35.5. The molecule has 5 rings (SSSR count). The highest BCUT2D eigenvalue weighted by Gasteiger charge is 2.60. The Labute approximate surface area is 191 Å². The molecule has 2 heterocycles. The summed E-state index contributed by atoms with van der Waals surface area (Å²) in [4.78, 5) is 44.4. The van der Waals surface area contributed by atoms with E-state index in [-0.39, 0.29) is 11.4 Å². The summed E-state index contributed by atoms with van der Waals surface area (Å²) >= 11 is 6.44. The number of nitro groups is 1. The van der Waals surface area contributed by atoms with Crippen LogP contribution in [0, 0.1) is 21.8 Å². The van der Waals surface area contributed by atoms with Crippen molar-refractivity contribution in [1.29, 1.82) is 0 Å². The van der Waals surface area contributed by atoms with Crippen LogP contribution in [-0.2, 0) is 14.4 Å². The van der Waals surface area contributed by atoms with Crippen LogP contribution in [0.5, 0.6) is 0 Å². The fourth-order valence-corrected chi connectivity index (χ4v) is 4.51. The molecule has 0 bridgehead atoms. The molecular weight excluding hydrogens is 453 g/mol. The lowest BCUT2D eigenvalue weighted by Crippen LogP contribution is -2.37. The topological polar surface area (TPSA) is 93.0 Å². The number of hydrogen-bond donors (Lipinski definition) is 0. The first-order valence-corrected chi connectivity index (χ1v) is 10.3. The van der Waals surface area contributed by atoms with Crippen molar-refractivity contribution in [3.05, 3.63) is 99.3 Å². The van der Waals surface area contributed by atoms with Gasteiger partial charge >= 0.3 is 0 Å². The van der Waals surface area contributed by atoms with E-state index in [1.165, 1.54) is 35.4 Å². The van der Waals surface area contributed by atoms with Crippen molar-refractivity contribution in [2.24, 2.45) is 5.92 Å². The zero-order valence-corrected chi connectivity index (χ0v) is 17.6. The minimum atomic E-state index is -1.18. The summed E-state index contributed by atoms with van der Waals surface area (Å²) in [7, 11) is 0. The fraction of sp³-hybridized carbons (Fsp3) is 0.130. The summed E-state index contributed by atoms with van der Waals surface area (Å²) in [6.45, 7) is 0. The van der Waals surface area contributed by atoms with Gasteiger partial charge in [-0.25, -0.2) is 14.4 Å². The number of halogens is 2. The van der Waals surface area contributed by atoms with Gasteiger partial charge in [0.2, 0.25) is 5.91 Å². The number of imide groups is 1. The van der Waals surface area contributed by atoms with Crippen molar-refractivity contribution in [2.45, 2.75) is 12.1 Å². The Hall–Kier alpha value is -3.82. The average molecular weight is 468 g/mol. The summed E-state index contributed by atoms with van der Waals surface area (Å²) in [6.07, 6.45) is -1.18. The number of rotatable bonds is 4. The number of non-ortho nitro benzene ring substituents is 1. The van der Waals surface area contributed by atoms with Crippen molar-refractivity contribution < 1.29 is 23.7 Å². The summed E-state index contributed by atoms with van der Waals surface area (Å²) in [5, 5.41) is 13.0. The molecule has 10 heteroatoms. The Morgan fingerprint density at radius 2 is 1.67 bits per heavy atom. The normalized spacial score (nSPS) is 22.1. The van der Waals surface area contributed by atoms with E-state index < -0.39 is 40.6 Å². The Morgan fingerprint density at radius 1 is 0.939 bits per heavy atom. The number of amides is 2. The molecule has 0 saturated carbocycles. The molecule has 2 aliphatic heterocycles. The van der Waals surface area contributed by atoms with Gasteiger partial charge in [0, 0.05) is 17.2 Å². The van der Waals surface area contributed by atoms with E-state index in [0.717, 1.165) is 17.0 Å². The van der Waals surface area contributed by atoms with Crippen LogP contribution < -0.4 is 9.96 Å². The molecular formula is C23H15ClFN3O5. The number of benzene rings is 3. The maximum absolute atomic E-state index is 13.5. The Kier molecular flexibility index (Phi) is 5.07. The van der Waals surface area contributed by atoms with Crippen LogP contribution in [0.15, 0.2) is 72.8 Å². The zero-order chi connectivity index (χ0) is 23.3. The molecule has 0 aromatic heterocycles. The number of hydrogen-bond acceptors (Lipinski definition) is 6. The second-order valence-corrected chi connectivity index (χ2v) is 8.02. The monoisotopic (exact) mass is 467 g/mol. The molecule has 2 amide bonds. The van der Waals surface area contributed by atoms with Crippen molar-refractivity contribution in [3.8, 4) is 0 Å². The van der Waals surface area contributed by atoms with E-state index in [2.05, 4.69) is 0 Å². The number of anilines is 2. The first kappa shape index (κ1) is 21.0. The van der Waals surface area contributed by atoms with E-state index in [1.54, 1.807) is 30.3 Å². The summed E-state index contributed by atoms with van der Waals surface area (Å²) in [5.74, 6) is -2.61. The molecule has 2 saturated heterocycles. The lowest BCUT2D eigenvalue weighted by atomic mass is 9.90. The smallest absolute Gasteiger partial charge is 0.271 e. The number of fused-ring (bicyclic) bond motifs is 1. The van der Waals surface area contributed by atoms with Gasteiger partial charge in [0.25, 0.3) is 11.6 Å². The molecule has 0 unspecified atom stereocenters. The number of hydroxylamine groups is 1. The van der Waals surface area contributed by atoms with Crippen LogP contribution in [0.4, 0.5) is 21.5 Å². The molecule has 2 aliphatic rings. The number of carbonyl (C=O) groups excluding carboxylic acids is 2. The second kappa shape index (κ2) is 7.95. The first-order chi connectivity index (χ1) is 15.9. The largest absolute Gasteiger partial charge is 0.273 e. The van der Waals surface area contributed by atoms with E-state index in [4.69, 9.17) is 16.4 Å². The van der Waals surface area contributed by atoms with Gasteiger partial charge in [-0.15, -0.1) is 0 Å². The van der Waals surface area contributed by atoms with Crippen LogP contribution in [0.25, 0.3) is 0 Å². The summed E-state index contributed by atoms with van der Waals surface area (Å²) in [6, 6.07) is 16.7. The van der Waals surface area contributed by atoms with Gasteiger partial charge < -0.3 is 0 Å². The van der Waals surface area contributed by atoms with Gasteiger partial charge in [-0.05, 0) is 42.0 Å². The summed E-state index contributed by atoms with van der Waals surface area (Å²) in [5.41, 5.74) is 0.888. The van der Waals surface area contributed by atoms with Crippen molar-refractivity contribution in [2.75, 3.05) is 9.96 Å². The number of carbonyl (C=O) groups is 2. The number of nitro benzene ring substituents is 1. The molecule has 33 heavy (non-hydrogen) atoms. The van der Waals surface area contributed by atoms with Gasteiger partial charge in [0.15, 0.2) is 6.10 Å². The number of nitrogens with zero attached hydrogens (tertiary/aromatic N) is 3. The SMILES string of the molecule is O=C1[C@@H]2[C@H](ON(c3cccc([N+](=O)[O-])c3)[C@H]2c2ccccc2Cl)C(=O)N1c1ccc(F)cc1. The lowest BCUT2D eigenvalue weighted by molar-refractivity contribution is -0.384. The van der Waals surface area contributed by atoms with Crippen molar-refractivity contribution in [3.63, 3.8) is 0 Å². The minimum Gasteiger partial charge on any atom is -0.273 e. The molecule has 2 fully saturated rings. The lowest BCUT2D eigenvalue weighted by Gasteiger charge is -2.29. The highest BCUT2D eigenvalue weighted by molar-refractivity contribution is 6.31. The van der Waals surface area contributed by atoms with Gasteiger partial charge in [-0.2, -0.15) is 0 Å². The molecule has 3 atom stereocenters. The molecule has 0 N–H and O–H groups in total. The molecule has 8 nitrogen and oxygen atoms in total. The van der Waals surface area contributed by atoms with Gasteiger partial charge in [0.1, 0.15) is 11.7 Å². The summed E-state index contributed by atoms with van der Waals surface area (Å²) < 4.78 is 13.4. The maximum atomic E-state index is 13.5. The van der Waals surface area contributed by atoms with Crippen LogP contribution in [0.2, 0.25) is 5.02 Å². The fourth-order valence-electron chi connectivity index (χ4n) is 4.26. The van der Waals surface area contributed by atoms with Gasteiger partial charge in [-0.1, -0.05) is 35.9 Å². The van der Waals surface area contributed by atoms with E-state index >= 15 is 0 Å². The van der Waals surface area contributed by atoms with Crippen molar-refractivity contribution in [1.82, 2.24) is 0 Å². The predicted molar refractivity (Wildman–Crippen MR) is 117 cm³/mol. The quantitative estimate of drug-likeness (QED) is 0.320. The standard InChI is InChI=1S/C23H15ClFN3O5/c24-18-7-2-1-6-17(18)20-19-21(33-27(20)15-4-3-5-16(12-15)28(31)32)23(30)26(22(19)29)14-10-8-13(25)9-11-14/h1-12,19-21H/t19-,20-,21-/m0/s1. The molecule has 166 valence electrons. The van der Waals surface area contributed by atoms with E-state index in [9.17, 15) is 24.1 Å². The Morgan fingerprint density at radius 3 is 2.36 bits per heavy atom. The van der Waals surface area contributed by atoms with Crippen molar-refractivity contribution >= 4 is 40.5 Å². The van der Waals surface area contributed by atoms with Crippen LogP contribution in [0.1, 0.15) is 11.6 Å². The zero-order valence-electron chi connectivity index (χ0n) is 16.8. The van der Waals surface area contributed by atoms with Gasteiger partial charge in [0.05, 0.1) is 22.3 Å². The molecule has 0 aliphatic carbocycles. The Bertz CT molecular complexity index is 1290. The molecule has 3 aromatic carbocycles. The highest BCUT2D eigenvalue weighted by Crippen LogP contribution is 2.49. The predicted octanol–water partition coefficient (Wildman–Crippen LogP) is 4.44.